The smallest absolute Gasteiger partial charge is 0.331 e. The average Bonchev–Trinajstić information content (AvgIpc) is 2.65. The van der Waals surface area contributed by atoms with Crippen LogP contribution in [0.25, 0.3) is 6.08 Å². The third-order valence-corrected chi connectivity index (χ3v) is 3.72. The molecular weight excluding hydrogens is 320 g/mol. The summed E-state index contributed by atoms with van der Waals surface area (Å²) >= 11 is 0. The van der Waals surface area contributed by atoms with E-state index in [0.29, 0.717) is 11.5 Å². The summed E-state index contributed by atoms with van der Waals surface area (Å²) in [6, 6.07) is 11.1. The SMILES string of the molecule is COc1cccc(/C=C/C(=O)OCc2cc(OC)c(OC)cc2C)c1. The molecule has 0 amide bonds. The van der Waals surface area contributed by atoms with E-state index in [9.17, 15) is 4.79 Å². The highest BCUT2D eigenvalue weighted by atomic mass is 16.5. The number of carbonyl (C=O) groups is 1. The van der Waals surface area contributed by atoms with E-state index in [-0.39, 0.29) is 6.61 Å². The summed E-state index contributed by atoms with van der Waals surface area (Å²) in [5, 5.41) is 0. The zero-order valence-electron chi connectivity index (χ0n) is 14.9. The van der Waals surface area contributed by atoms with Crippen molar-refractivity contribution in [3.05, 3.63) is 59.2 Å². The molecule has 0 heterocycles. The van der Waals surface area contributed by atoms with Crippen molar-refractivity contribution in [3.8, 4) is 17.2 Å². The lowest BCUT2D eigenvalue weighted by Gasteiger charge is -2.12. The summed E-state index contributed by atoms with van der Waals surface area (Å²) in [6.07, 6.45) is 3.08. The normalized spacial score (nSPS) is 10.6. The van der Waals surface area contributed by atoms with E-state index >= 15 is 0 Å². The van der Waals surface area contributed by atoms with E-state index in [1.54, 1.807) is 27.4 Å². The standard InChI is InChI=1S/C20H22O5/c1-14-10-18(23-3)19(24-4)12-16(14)13-25-20(21)9-8-15-6-5-7-17(11-15)22-2/h5-12H,13H2,1-4H3/b9-8+. The van der Waals surface area contributed by atoms with Gasteiger partial charge in [0.1, 0.15) is 12.4 Å². The lowest BCUT2D eigenvalue weighted by atomic mass is 10.1. The van der Waals surface area contributed by atoms with Gasteiger partial charge in [-0.3, -0.25) is 0 Å². The molecule has 0 aromatic heterocycles. The molecule has 0 spiro atoms. The second-order valence-corrected chi connectivity index (χ2v) is 5.35. The highest BCUT2D eigenvalue weighted by molar-refractivity contribution is 5.87. The molecule has 2 aromatic rings. The minimum atomic E-state index is -0.419. The van der Waals surface area contributed by atoms with Crippen molar-refractivity contribution in [2.24, 2.45) is 0 Å². The lowest BCUT2D eigenvalue weighted by Crippen LogP contribution is -2.03. The molecule has 2 aromatic carbocycles. The van der Waals surface area contributed by atoms with Gasteiger partial charge in [-0.1, -0.05) is 12.1 Å². The Morgan fingerprint density at radius 2 is 1.72 bits per heavy atom. The number of benzene rings is 2. The summed E-state index contributed by atoms with van der Waals surface area (Å²) in [6.45, 7) is 2.09. The number of hydrogen-bond acceptors (Lipinski definition) is 5. The van der Waals surface area contributed by atoms with E-state index in [1.807, 2.05) is 43.3 Å². The maximum absolute atomic E-state index is 11.9. The maximum atomic E-state index is 11.9. The Kier molecular flexibility index (Phi) is 6.46. The molecule has 5 heteroatoms. The fourth-order valence-electron chi connectivity index (χ4n) is 2.28. The van der Waals surface area contributed by atoms with Crippen LogP contribution >= 0.6 is 0 Å². The first-order chi connectivity index (χ1) is 12.1. The molecule has 5 nitrogen and oxygen atoms in total. The fourth-order valence-corrected chi connectivity index (χ4v) is 2.28. The van der Waals surface area contributed by atoms with E-state index < -0.39 is 5.97 Å². The van der Waals surface area contributed by atoms with Crippen molar-refractivity contribution >= 4 is 12.0 Å². The molecule has 0 aliphatic rings. The van der Waals surface area contributed by atoms with E-state index in [4.69, 9.17) is 18.9 Å². The van der Waals surface area contributed by atoms with Gasteiger partial charge < -0.3 is 18.9 Å². The highest BCUT2D eigenvalue weighted by Gasteiger charge is 2.10. The topological polar surface area (TPSA) is 54.0 Å². The summed E-state index contributed by atoms with van der Waals surface area (Å²) in [5.41, 5.74) is 2.68. The van der Waals surface area contributed by atoms with Crippen LogP contribution in [0.4, 0.5) is 0 Å². The van der Waals surface area contributed by atoms with Gasteiger partial charge >= 0.3 is 5.97 Å². The largest absolute Gasteiger partial charge is 0.497 e. The average molecular weight is 342 g/mol. The van der Waals surface area contributed by atoms with Crippen LogP contribution in [0.5, 0.6) is 17.2 Å². The fraction of sp³-hybridized carbons (Fsp3) is 0.250. The first kappa shape index (κ1) is 18.4. The molecule has 0 aliphatic carbocycles. The van der Waals surface area contributed by atoms with Crippen LogP contribution in [-0.4, -0.2) is 27.3 Å². The van der Waals surface area contributed by atoms with Gasteiger partial charge in [0.15, 0.2) is 11.5 Å². The number of esters is 1. The van der Waals surface area contributed by atoms with Gasteiger partial charge in [0.05, 0.1) is 21.3 Å². The summed E-state index contributed by atoms with van der Waals surface area (Å²) in [5.74, 6) is 1.56. The van der Waals surface area contributed by atoms with Gasteiger partial charge in [-0.25, -0.2) is 4.79 Å². The molecule has 25 heavy (non-hydrogen) atoms. The molecular formula is C20H22O5. The second kappa shape index (κ2) is 8.78. The predicted octanol–water partition coefficient (Wildman–Crippen LogP) is 3.78. The first-order valence-corrected chi connectivity index (χ1v) is 7.77. The summed E-state index contributed by atoms with van der Waals surface area (Å²) in [4.78, 5) is 11.9. The number of hydrogen-bond donors (Lipinski definition) is 0. The van der Waals surface area contributed by atoms with Crippen molar-refractivity contribution in [1.29, 1.82) is 0 Å². The van der Waals surface area contributed by atoms with Crippen molar-refractivity contribution in [1.82, 2.24) is 0 Å². The third kappa shape index (κ3) is 5.01. The number of aryl methyl sites for hydroxylation is 1. The Morgan fingerprint density at radius 1 is 1.00 bits per heavy atom. The number of ether oxygens (including phenoxy) is 4. The quantitative estimate of drug-likeness (QED) is 0.566. The number of methoxy groups -OCH3 is 3. The zero-order chi connectivity index (χ0) is 18.2. The van der Waals surface area contributed by atoms with Crippen LogP contribution in [0.1, 0.15) is 16.7 Å². The Morgan fingerprint density at radius 3 is 2.40 bits per heavy atom. The molecule has 0 unspecified atom stereocenters. The van der Waals surface area contributed by atoms with Crippen LogP contribution in [0.2, 0.25) is 0 Å². The van der Waals surface area contributed by atoms with Crippen molar-refractivity contribution in [3.63, 3.8) is 0 Å². The molecule has 132 valence electrons. The van der Waals surface area contributed by atoms with Crippen LogP contribution in [0.3, 0.4) is 0 Å². The van der Waals surface area contributed by atoms with Gasteiger partial charge in [-0.15, -0.1) is 0 Å². The number of carbonyl (C=O) groups excluding carboxylic acids is 1. The predicted molar refractivity (Wildman–Crippen MR) is 96.1 cm³/mol. The molecule has 0 saturated heterocycles. The molecule has 0 fully saturated rings. The van der Waals surface area contributed by atoms with Crippen LogP contribution in [-0.2, 0) is 16.1 Å². The van der Waals surface area contributed by atoms with Gasteiger partial charge in [-0.05, 0) is 54.0 Å². The summed E-state index contributed by atoms with van der Waals surface area (Å²) < 4.78 is 21.0. The molecule has 0 saturated carbocycles. The molecule has 0 N–H and O–H groups in total. The van der Waals surface area contributed by atoms with E-state index in [0.717, 1.165) is 22.4 Å². The van der Waals surface area contributed by atoms with Crippen molar-refractivity contribution in [2.45, 2.75) is 13.5 Å². The van der Waals surface area contributed by atoms with Crippen molar-refractivity contribution < 1.29 is 23.7 Å². The zero-order valence-corrected chi connectivity index (χ0v) is 14.9. The van der Waals surface area contributed by atoms with Gasteiger partial charge in [0.2, 0.25) is 0 Å². The molecule has 0 aliphatic heterocycles. The van der Waals surface area contributed by atoms with Crippen LogP contribution in [0, 0.1) is 6.92 Å². The molecule has 0 bridgehead atoms. The van der Waals surface area contributed by atoms with Crippen molar-refractivity contribution in [2.75, 3.05) is 21.3 Å². The molecule has 0 atom stereocenters. The number of rotatable bonds is 7. The maximum Gasteiger partial charge on any atom is 0.331 e. The van der Waals surface area contributed by atoms with Gasteiger partial charge in [0.25, 0.3) is 0 Å². The third-order valence-electron chi connectivity index (χ3n) is 3.72. The second-order valence-electron chi connectivity index (χ2n) is 5.35. The first-order valence-electron chi connectivity index (χ1n) is 7.77. The minimum Gasteiger partial charge on any atom is -0.497 e. The Hall–Kier alpha value is -2.95. The lowest BCUT2D eigenvalue weighted by molar-refractivity contribution is -0.138. The Labute approximate surface area is 147 Å². The van der Waals surface area contributed by atoms with E-state index in [1.165, 1.54) is 6.08 Å². The van der Waals surface area contributed by atoms with Gasteiger partial charge in [0, 0.05) is 6.08 Å². The Bertz CT molecular complexity index is 765. The van der Waals surface area contributed by atoms with Crippen LogP contribution in [0.15, 0.2) is 42.5 Å². The summed E-state index contributed by atoms with van der Waals surface area (Å²) in [7, 11) is 4.75. The van der Waals surface area contributed by atoms with Gasteiger partial charge in [-0.2, -0.15) is 0 Å². The van der Waals surface area contributed by atoms with E-state index in [2.05, 4.69) is 0 Å². The van der Waals surface area contributed by atoms with Crippen LogP contribution < -0.4 is 14.2 Å². The minimum absolute atomic E-state index is 0.160. The molecule has 0 radical (unpaired) electrons. The monoisotopic (exact) mass is 342 g/mol. The molecule has 2 rings (SSSR count). The highest BCUT2D eigenvalue weighted by Crippen LogP contribution is 2.30. The Balaban J connectivity index is 2.01.